The zero-order valence-corrected chi connectivity index (χ0v) is 27.8. The van der Waals surface area contributed by atoms with Crippen molar-refractivity contribution in [2.24, 2.45) is 5.92 Å². The molecule has 9 heteroatoms. The number of amides is 3. The zero-order valence-electron chi connectivity index (χ0n) is 26.2. The molecule has 3 aromatic carbocycles. The van der Waals surface area contributed by atoms with E-state index in [-0.39, 0.29) is 30.1 Å². The molecule has 0 aliphatic carbocycles. The molecule has 6 rings (SSSR count). The maximum atomic E-state index is 15.1. The molecule has 2 aliphatic heterocycles. The lowest BCUT2D eigenvalue weighted by Gasteiger charge is -2.42. The van der Waals surface area contributed by atoms with Crippen molar-refractivity contribution in [2.75, 3.05) is 26.2 Å². The molecule has 1 N–H and O–H groups in total. The quantitative estimate of drug-likeness (QED) is 0.241. The number of nitrogens with one attached hydrogen (secondary N) is 1. The molecule has 7 nitrogen and oxygen atoms in total. The highest BCUT2D eigenvalue weighted by Gasteiger charge is 2.59. The molecule has 234 valence electrons. The predicted octanol–water partition coefficient (Wildman–Crippen LogP) is 6.77. The molecule has 3 heterocycles. The van der Waals surface area contributed by atoms with Gasteiger partial charge in [0.1, 0.15) is 4.75 Å². The Morgan fingerprint density at radius 1 is 0.933 bits per heavy atom. The van der Waals surface area contributed by atoms with Crippen LogP contribution >= 0.6 is 23.4 Å². The minimum atomic E-state index is -1.14. The number of likely N-dealkylation sites (tertiary alicyclic amines) is 1. The lowest BCUT2D eigenvalue weighted by molar-refractivity contribution is -0.143. The highest BCUT2D eigenvalue weighted by Crippen LogP contribution is 2.55. The van der Waals surface area contributed by atoms with Gasteiger partial charge in [-0.05, 0) is 43.7 Å². The lowest BCUT2D eigenvalue weighted by Crippen LogP contribution is -2.57. The number of aromatic amines is 1. The number of aromatic nitrogens is 1. The molecule has 2 fully saturated rings. The van der Waals surface area contributed by atoms with Gasteiger partial charge in [0, 0.05) is 71.2 Å². The number of carbonyl (C=O) groups excluding carboxylic acids is 3. The van der Waals surface area contributed by atoms with Gasteiger partial charge in [0.05, 0.1) is 12.5 Å². The highest BCUT2D eigenvalue weighted by molar-refractivity contribution is 8.01. The average molecular weight is 643 g/mol. The Kier molecular flexibility index (Phi) is 8.72. The topological polar surface area (TPSA) is 76.7 Å². The number of rotatable bonds is 7. The van der Waals surface area contributed by atoms with E-state index in [0.717, 1.165) is 38.1 Å². The minimum absolute atomic E-state index is 0.0618. The Morgan fingerprint density at radius 3 is 2.20 bits per heavy atom. The van der Waals surface area contributed by atoms with Crippen molar-refractivity contribution in [3.05, 3.63) is 100 Å². The number of halogens is 1. The predicted molar refractivity (Wildman–Crippen MR) is 180 cm³/mol. The summed E-state index contributed by atoms with van der Waals surface area (Å²) in [7, 11) is 0. The Labute approximate surface area is 273 Å². The molecule has 2 atom stereocenters. The Bertz CT molecular complexity index is 1730. The summed E-state index contributed by atoms with van der Waals surface area (Å²) in [6, 6.07) is 21.5. The van der Waals surface area contributed by atoms with E-state index >= 15 is 4.79 Å². The van der Waals surface area contributed by atoms with Crippen molar-refractivity contribution in [3.8, 4) is 0 Å². The van der Waals surface area contributed by atoms with Crippen molar-refractivity contribution in [1.29, 1.82) is 0 Å². The number of hydrogen-bond donors (Lipinski definition) is 1. The van der Waals surface area contributed by atoms with Crippen LogP contribution in [0, 0.1) is 19.8 Å². The minimum Gasteiger partial charge on any atom is -0.361 e. The van der Waals surface area contributed by atoms with Gasteiger partial charge in [-0.2, -0.15) is 0 Å². The van der Waals surface area contributed by atoms with Crippen LogP contribution in [0.15, 0.2) is 77.8 Å². The number of aryl methyl sites for hydroxylation is 2. The van der Waals surface area contributed by atoms with E-state index in [1.54, 1.807) is 0 Å². The number of hydrogen-bond acceptors (Lipinski definition) is 4. The molecule has 0 bridgehead atoms. The molecule has 0 spiro atoms. The van der Waals surface area contributed by atoms with Gasteiger partial charge in [0.25, 0.3) is 0 Å². The van der Waals surface area contributed by atoms with Crippen LogP contribution in [0.4, 0.5) is 0 Å². The summed E-state index contributed by atoms with van der Waals surface area (Å²) in [5.41, 5.74) is 5.02. The first kappa shape index (κ1) is 31.2. The number of fused-ring (bicyclic) bond motifs is 1. The standard InChI is InChI=1S/C36H39ClN4O3S/c1-23(2)34(43)39-15-17-40(18-16-39)35(44)36(45-28-12-7-25(4)8-13-28)20-32(42)41(22-26-9-5-24(3)6-10-26)33(36)30-21-38-31-19-27(37)11-14-29(30)31/h5-14,19,21,23,33,38H,15-18,20,22H2,1-4H3. The normalized spacial score (nSPS) is 20.4. The largest absolute Gasteiger partial charge is 0.361 e. The van der Waals surface area contributed by atoms with Crippen molar-refractivity contribution in [2.45, 2.75) is 56.3 Å². The van der Waals surface area contributed by atoms with Crippen molar-refractivity contribution >= 4 is 52.0 Å². The number of piperazine rings is 1. The number of benzene rings is 3. The zero-order chi connectivity index (χ0) is 31.9. The monoisotopic (exact) mass is 642 g/mol. The number of thioether (sulfide) groups is 1. The van der Waals surface area contributed by atoms with Gasteiger partial charge in [-0.25, -0.2) is 0 Å². The van der Waals surface area contributed by atoms with Crippen LogP contribution in [0.3, 0.4) is 0 Å². The van der Waals surface area contributed by atoms with Gasteiger partial charge in [0.2, 0.25) is 17.7 Å². The van der Waals surface area contributed by atoms with Crippen molar-refractivity contribution < 1.29 is 14.4 Å². The summed E-state index contributed by atoms with van der Waals surface area (Å²) in [4.78, 5) is 52.0. The Hall–Kier alpha value is -3.75. The van der Waals surface area contributed by atoms with Crippen LogP contribution in [0.1, 0.15) is 48.6 Å². The van der Waals surface area contributed by atoms with Gasteiger partial charge in [-0.15, -0.1) is 11.8 Å². The van der Waals surface area contributed by atoms with E-state index in [1.807, 2.05) is 91.1 Å². The maximum absolute atomic E-state index is 15.1. The first-order chi connectivity index (χ1) is 21.6. The Balaban J connectivity index is 1.47. The molecule has 45 heavy (non-hydrogen) atoms. The van der Waals surface area contributed by atoms with Crippen LogP contribution in [0.5, 0.6) is 0 Å². The van der Waals surface area contributed by atoms with Crippen molar-refractivity contribution in [1.82, 2.24) is 19.7 Å². The molecule has 2 unspecified atom stereocenters. The van der Waals surface area contributed by atoms with Gasteiger partial charge in [-0.3, -0.25) is 14.4 Å². The van der Waals surface area contributed by atoms with Gasteiger partial charge in [0.15, 0.2) is 0 Å². The second-order valence-electron chi connectivity index (χ2n) is 12.6. The lowest BCUT2D eigenvalue weighted by atomic mass is 9.90. The number of H-pyrrole nitrogens is 1. The van der Waals surface area contributed by atoms with Crippen molar-refractivity contribution in [3.63, 3.8) is 0 Å². The third-order valence-corrected chi connectivity index (χ3v) is 10.6. The fourth-order valence-corrected chi connectivity index (χ4v) is 8.20. The molecule has 2 aliphatic rings. The molecular formula is C36H39ClN4O3S. The second-order valence-corrected chi connectivity index (χ2v) is 14.4. The molecule has 0 radical (unpaired) electrons. The summed E-state index contributed by atoms with van der Waals surface area (Å²) in [6.45, 7) is 10.1. The first-order valence-electron chi connectivity index (χ1n) is 15.5. The van der Waals surface area contributed by atoms with Crippen LogP contribution in [0.25, 0.3) is 10.9 Å². The van der Waals surface area contributed by atoms with E-state index in [2.05, 4.69) is 29.2 Å². The molecule has 0 saturated carbocycles. The molecule has 4 aromatic rings. The highest BCUT2D eigenvalue weighted by atomic mass is 35.5. The van der Waals surface area contributed by atoms with E-state index in [9.17, 15) is 9.59 Å². The number of nitrogens with zero attached hydrogens (tertiary/aromatic N) is 3. The molecule has 3 amide bonds. The summed E-state index contributed by atoms with van der Waals surface area (Å²) in [6.07, 6.45) is 2.00. The fraction of sp³-hybridized carbons (Fsp3) is 0.361. The van der Waals surface area contributed by atoms with Crippen LogP contribution in [-0.4, -0.2) is 68.3 Å². The summed E-state index contributed by atoms with van der Waals surface area (Å²) in [5.74, 6) is -0.136. The third-order valence-electron chi connectivity index (χ3n) is 8.99. The second kappa shape index (κ2) is 12.6. The SMILES string of the molecule is Cc1ccc(CN2C(=O)CC(Sc3ccc(C)cc3)(C(=O)N3CCN(C(=O)C(C)C)CC3)C2c2c[nH]c3cc(Cl)ccc23)cc1. The summed E-state index contributed by atoms with van der Waals surface area (Å²) in [5, 5.41) is 1.54. The first-order valence-corrected chi connectivity index (χ1v) is 16.7. The Morgan fingerprint density at radius 2 is 1.56 bits per heavy atom. The van der Waals surface area contributed by atoms with Crippen LogP contribution in [0.2, 0.25) is 5.02 Å². The van der Waals surface area contributed by atoms with Crippen LogP contribution < -0.4 is 0 Å². The number of carbonyl (C=O) groups is 3. The third kappa shape index (κ3) is 6.10. The van der Waals surface area contributed by atoms with Gasteiger partial charge >= 0.3 is 0 Å². The average Bonchev–Trinajstić information content (AvgIpc) is 3.55. The molecule has 1 aromatic heterocycles. The fourth-order valence-electron chi connectivity index (χ4n) is 6.56. The van der Waals surface area contributed by atoms with E-state index in [1.165, 1.54) is 11.8 Å². The van der Waals surface area contributed by atoms with Gasteiger partial charge < -0.3 is 19.7 Å². The van der Waals surface area contributed by atoms with E-state index in [0.29, 0.717) is 37.7 Å². The maximum Gasteiger partial charge on any atom is 0.242 e. The van der Waals surface area contributed by atoms with Crippen LogP contribution in [-0.2, 0) is 20.9 Å². The van der Waals surface area contributed by atoms with E-state index < -0.39 is 10.8 Å². The summed E-state index contributed by atoms with van der Waals surface area (Å²) < 4.78 is -1.14. The van der Waals surface area contributed by atoms with Gasteiger partial charge in [-0.1, -0.05) is 79.0 Å². The molecule has 2 saturated heterocycles. The summed E-state index contributed by atoms with van der Waals surface area (Å²) >= 11 is 7.85. The molecular weight excluding hydrogens is 604 g/mol. The van der Waals surface area contributed by atoms with E-state index in [4.69, 9.17) is 11.6 Å². The smallest absolute Gasteiger partial charge is 0.242 e.